The van der Waals surface area contributed by atoms with E-state index >= 15 is 0 Å². The summed E-state index contributed by atoms with van der Waals surface area (Å²) in [6.45, 7) is 19.1. The van der Waals surface area contributed by atoms with Gasteiger partial charge in [-0.15, -0.1) is 0 Å². The van der Waals surface area contributed by atoms with Crippen molar-refractivity contribution in [1.82, 2.24) is 15.1 Å². The molecule has 1 aliphatic heterocycles. The third kappa shape index (κ3) is 7.53. The number of rotatable bonds is 5. The molecule has 1 aliphatic rings. The number of carbonyl (C=O) groups excluding carboxylic acids is 1. The summed E-state index contributed by atoms with van der Waals surface area (Å²) in [7, 11) is 0. The minimum Gasteiger partial charge on any atom is -0.444 e. The smallest absolute Gasteiger partial charge is 0.410 e. The van der Waals surface area contributed by atoms with E-state index in [0.29, 0.717) is 12.6 Å². The Kier molecular flexibility index (Phi) is 7.33. The second-order valence-electron chi connectivity index (χ2n) is 8.47. The summed E-state index contributed by atoms with van der Waals surface area (Å²) in [6, 6.07) is 0.568. The first-order chi connectivity index (χ1) is 10.5. The molecule has 0 saturated carbocycles. The van der Waals surface area contributed by atoms with Gasteiger partial charge in [-0.3, -0.25) is 0 Å². The second kappa shape index (κ2) is 8.34. The lowest BCUT2D eigenvalue weighted by molar-refractivity contribution is 0.00631. The van der Waals surface area contributed by atoms with E-state index in [2.05, 4.69) is 37.9 Å². The maximum atomic E-state index is 12.4. The van der Waals surface area contributed by atoms with Crippen LogP contribution in [0.3, 0.4) is 0 Å². The van der Waals surface area contributed by atoms with Crippen LogP contribution in [0.1, 0.15) is 61.3 Å². The standard InChI is InChI=1S/C18H37N3O2/c1-8-20-12-9-15(10-13-20)19-11-14-21(17(2,3)4)16(22)23-18(5,6)7/h15,19H,8-14H2,1-7H3. The van der Waals surface area contributed by atoms with Gasteiger partial charge >= 0.3 is 6.09 Å². The first-order valence-electron chi connectivity index (χ1n) is 8.99. The van der Waals surface area contributed by atoms with E-state index in [4.69, 9.17) is 4.74 Å². The maximum Gasteiger partial charge on any atom is 0.410 e. The zero-order valence-corrected chi connectivity index (χ0v) is 16.2. The molecular weight excluding hydrogens is 290 g/mol. The molecule has 0 aromatic heterocycles. The van der Waals surface area contributed by atoms with Crippen molar-refractivity contribution in [3.63, 3.8) is 0 Å². The van der Waals surface area contributed by atoms with Gasteiger partial charge < -0.3 is 19.9 Å². The molecule has 0 unspecified atom stereocenters. The van der Waals surface area contributed by atoms with Crippen LogP contribution in [-0.4, -0.2) is 65.8 Å². The minimum absolute atomic E-state index is 0.229. The molecule has 136 valence electrons. The molecule has 0 atom stereocenters. The van der Waals surface area contributed by atoms with E-state index in [-0.39, 0.29) is 11.6 Å². The molecule has 1 rings (SSSR count). The SMILES string of the molecule is CCN1CCC(NCCN(C(=O)OC(C)(C)C)C(C)(C)C)CC1. The van der Waals surface area contributed by atoms with Gasteiger partial charge in [-0.05, 0) is 74.0 Å². The molecular formula is C18H37N3O2. The molecule has 0 aliphatic carbocycles. The Hall–Kier alpha value is -0.810. The van der Waals surface area contributed by atoms with E-state index in [1.165, 1.54) is 25.9 Å². The number of nitrogens with zero attached hydrogens (tertiary/aromatic N) is 2. The Balaban J connectivity index is 2.45. The lowest BCUT2D eigenvalue weighted by Gasteiger charge is -2.37. The van der Waals surface area contributed by atoms with Crippen molar-refractivity contribution in [2.45, 2.75) is 78.5 Å². The first kappa shape index (κ1) is 20.2. The summed E-state index contributed by atoms with van der Waals surface area (Å²) in [5, 5.41) is 3.61. The van der Waals surface area contributed by atoms with Crippen molar-refractivity contribution in [2.24, 2.45) is 0 Å². The van der Waals surface area contributed by atoms with Crippen LogP contribution in [0, 0.1) is 0 Å². The lowest BCUT2D eigenvalue weighted by Crippen LogP contribution is -2.51. The number of ether oxygens (including phenoxy) is 1. The molecule has 1 saturated heterocycles. The van der Waals surface area contributed by atoms with E-state index < -0.39 is 5.60 Å². The summed E-state index contributed by atoms with van der Waals surface area (Å²) >= 11 is 0. The number of carbonyl (C=O) groups is 1. The average molecular weight is 328 g/mol. The van der Waals surface area contributed by atoms with Crippen molar-refractivity contribution in [1.29, 1.82) is 0 Å². The minimum atomic E-state index is -0.457. The van der Waals surface area contributed by atoms with Crippen LogP contribution in [0.25, 0.3) is 0 Å². The zero-order valence-electron chi connectivity index (χ0n) is 16.2. The summed E-state index contributed by atoms with van der Waals surface area (Å²) in [6.07, 6.45) is 2.15. The Morgan fingerprint density at radius 2 is 1.74 bits per heavy atom. The van der Waals surface area contributed by atoms with E-state index in [9.17, 15) is 4.79 Å². The van der Waals surface area contributed by atoms with Gasteiger partial charge in [0.05, 0.1) is 0 Å². The highest BCUT2D eigenvalue weighted by atomic mass is 16.6. The predicted molar refractivity (Wildman–Crippen MR) is 95.8 cm³/mol. The van der Waals surface area contributed by atoms with Gasteiger partial charge in [-0.1, -0.05) is 6.92 Å². The highest BCUT2D eigenvalue weighted by molar-refractivity contribution is 5.69. The van der Waals surface area contributed by atoms with Crippen molar-refractivity contribution in [3.8, 4) is 0 Å². The normalized spacial score (nSPS) is 18.0. The van der Waals surface area contributed by atoms with E-state index in [1.807, 2.05) is 25.7 Å². The van der Waals surface area contributed by atoms with E-state index in [0.717, 1.165) is 13.1 Å². The van der Waals surface area contributed by atoms with Gasteiger partial charge in [-0.25, -0.2) is 4.79 Å². The largest absolute Gasteiger partial charge is 0.444 e. The van der Waals surface area contributed by atoms with Crippen LogP contribution in [-0.2, 0) is 4.74 Å². The molecule has 5 heteroatoms. The van der Waals surface area contributed by atoms with Crippen LogP contribution in [0.2, 0.25) is 0 Å². The van der Waals surface area contributed by atoms with Gasteiger partial charge in [0.25, 0.3) is 0 Å². The Morgan fingerprint density at radius 3 is 2.17 bits per heavy atom. The fourth-order valence-electron chi connectivity index (χ4n) is 2.85. The van der Waals surface area contributed by atoms with Gasteiger partial charge in [0.1, 0.15) is 5.60 Å². The number of likely N-dealkylation sites (tertiary alicyclic amines) is 1. The van der Waals surface area contributed by atoms with Gasteiger partial charge in [0.15, 0.2) is 0 Å². The topological polar surface area (TPSA) is 44.8 Å². The molecule has 0 aromatic carbocycles. The van der Waals surface area contributed by atoms with Crippen molar-refractivity contribution in [3.05, 3.63) is 0 Å². The number of amides is 1. The highest BCUT2D eigenvalue weighted by Gasteiger charge is 2.30. The molecule has 1 fully saturated rings. The molecule has 0 spiro atoms. The number of nitrogens with one attached hydrogen (secondary N) is 1. The molecule has 23 heavy (non-hydrogen) atoms. The fourth-order valence-corrected chi connectivity index (χ4v) is 2.85. The third-order valence-electron chi connectivity index (χ3n) is 4.23. The van der Waals surface area contributed by atoms with Crippen molar-refractivity contribution < 1.29 is 9.53 Å². The molecule has 1 amide bonds. The summed E-state index contributed by atoms with van der Waals surface area (Å²) in [5.41, 5.74) is -0.698. The van der Waals surface area contributed by atoms with Crippen molar-refractivity contribution >= 4 is 6.09 Å². The van der Waals surface area contributed by atoms with Crippen LogP contribution in [0.4, 0.5) is 4.79 Å². The fraction of sp³-hybridized carbons (Fsp3) is 0.944. The average Bonchev–Trinajstić information content (AvgIpc) is 2.40. The van der Waals surface area contributed by atoms with Crippen molar-refractivity contribution in [2.75, 3.05) is 32.7 Å². The molecule has 0 radical (unpaired) electrons. The monoisotopic (exact) mass is 327 g/mol. The van der Waals surface area contributed by atoms with E-state index in [1.54, 1.807) is 0 Å². The molecule has 1 heterocycles. The quantitative estimate of drug-likeness (QED) is 0.843. The highest BCUT2D eigenvalue weighted by Crippen LogP contribution is 2.18. The summed E-state index contributed by atoms with van der Waals surface area (Å²) in [5.74, 6) is 0. The van der Waals surface area contributed by atoms with Gasteiger partial charge in [0.2, 0.25) is 0 Å². The molecule has 0 bridgehead atoms. The van der Waals surface area contributed by atoms with Crippen LogP contribution < -0.4 is 5.32 Å². The number of piperidine rings is 1. The summed E-state index contributed by atoms with van der Waals surface area (Å²) < 4.78 is 5.55. The Morgan fingerprint density at radius 1 is 1.17 bits per heavy atom. The summed E-state index contributed by atoms with van der Waals surface area (Å²) in [4.78, 5) is 16.8. The molecule has 5 nitrogen and oxygen atoms in total. The number of hydrogen-bond acceptors (Lipinski definition) is 4. The first-order valence-corrected chi connectivity index (χ1v) is 8.99. The maximum absolute atomic E-state index is 12.4. The molecule has 0 aromatic rings. The van der Waals surface area contributed by atoms with Gasteiger partial charge in [-0.2, -0.15) is 0 Å². The van der Waals surface area contributed by atoms with Gasteiger partial charge in [0, 0.05) is 24.7 Å². The third-order valence-corrected chi connectivity index (χ3v) is 4.23. The molecule has 1 N–H and O–H groups in total. The lowest BCUT2D eigenvalue weighted by atomic mass is 10.0. The van der Waals surface area contributed by atoms with Crippen LogP contribution in [0.15, 0.2) is 0 Å². The van der Waals surface area contributed by atoms with Crippen LogP contribution in [0.5, 0.6) is 0 Å². The second-order valence-corrected chi connectivity index (χ2v) is 8.47. The Bertz CT molecular complexity index is 363. The zero-order chi connectivity index (χ0) is 17.7. The number of hydrogen-bond donors (Lipinski definition) is 1. The Labute approximate surface area is 142 Å². The van der Waals surface area contributed by atoms with Crippen LogP contribution >= 0.6 is 0 Å². The predicted octanol–water partition coefficient (Wildman–Crippen LogP) is 3.10.